The van der Waals surface area contributed by atoms with Crippen molar-refractivity contribution in [3.63, 3.8) is 0 Å². The first kappa shape index (κ1) is 18.0. The Kier molecular flexibility index (Phi) is 4.52. The van der Waals surface area contributed by atoms with Crippen molar-refractivity contribution in [2.24, 2.45) is 5.41 Å². The lowest BCUT2D eigenvalue weighted by Crippen LogP contribution is -2.39. The standard InChI is InChI=1S/C20H22O6/c1-20(19(23)24)8-7-11-13(14(20)10-17(21)22)9-16(26-3)12-5-4-6-15(25-2)18(11)12/h4-6,9,14H,7-8,10H2,1-3H3,(H,21,22)(H,23,24)/t14-,20-/m1/s1. The zero-order valence-corrected chi connectivity index (χ0v) is 15.0. The molecule has 1 aliphatic carbocycles. The lowest BCUT2D eigenvalue weighted by atomic mass is 9.63. The zero-order valence-electron chi connectivity index (χ0n) is 15.0. The minimum Gasteiger partial charge on any atom is -0.496 e. The third kappa shape index (κ3) is 2.66. The number of rotatable bonds is 5. The second kappa shape index (κ2) is 6.52. The molecule has 26 heavy (non-hydrogen) atoms. The predicted octanol–water partition coefficient (Wildman–Crippen LogP) is 3.45. The molecule has 0 bridgehead atoms. The minimum absolute atomic E-state index is 0.250. The molecule has 6 heteroatoms. The lowest BCUT2D eigenvalue weighted by Gasteiger charge is -2.39. The first-order valence-electron chi connectivity index (χ1n) is 8.45. The highest BCUT2D eigenvalue weighted by Crippen LogP contribution is 2.52. The van der Waals surface area contributed by atoms with Crippen LogP contribution >= 0.6 is 0 Å². The molecule has 6 nitrogen and oxygen atoms in total. The van der Waals surface area contributed by atoms with Crippen LogP contribution < -0.4 is 9.47 Å². The summed E-state index contributed by atoms with van der Waals surface area (Å²) in [5.74, 6) is -1.39. The first-order chi connectivity index (χ1) is 12.3. The van der Waals surface area contributed by atoms with Crippen LogP contribution in [-0.2, 0) is 16.0 Å². The van der Waals surface area contributed by atoms with Crippen molar-refractivity contribution >= 4 is 22.7 Å². The van der Waals surface area contributed by atoms with E-state index < -0.39 is 23.3 Å². The summed E-state index contributed by atoms with van der Waals surface area (Å²) >= 11 is 0. The number of aliphatic carboxylic acids is 2. The Bertz CT molecular complexity index is 887. The topological polar surface area (TPSA) is 93.1 Å². The number of carbonyl (C=O) groups is 2. The molecule has 0 heterocycles. The summed E-state index contributed by atoms with van der Waals surface area (Å²) in [4.78, 5) is 23.5. The van der Waals surface area contributed by atoms with E-state index in [1.807, 2.05) is 18.2 Å². The zero-order chi connectivity index (χ0) is 19.1. The molecule has 1 aliphatic rings. The molecule has 0 saturated carbocycles. The largest absolute Gasteiger partial charge is 0.496 e. The van der Waals surface area contributed by atoms with Gasteiger partial charge in [0.15, 0.2) is 0 Å². The van der Waals surface area contributed by atoms with E-state index in [9.17, 15) is 19.8 Å². The van der Waals surface area contributed by atoms with Gasteiger partial charge in [0.05, 0.1) is 26.1 Å². The van der Waals surface area contributed by atoms with Crippen LogP contribution in [0.25, 0.3) is 10.8 Å². The van der Waals surface area contributed by atoms with Gasteiger partial charge < -0.3 is 19.7 Å². The van der Waals surface area contributed by atoms with Gasteiger partial charge in [-0.2, -0.15) is 0 Å². The van der Waals surface area contributed by atoms with Gasteiger partial charge in [0, 0.05) is 16.7 Å². The van der Waals surface area contributed by atoms with Crippen LogP contribution in [0, 0.1) is 5.41 Å². The van der Waals surface area contributed by atoms with Crippen LogP contribution in [0.1, 0.15) is 36.8 Å². The van der Waals surface area contributed by atoms with Crippen LogP contribution in [-0.4, -0.2) is 36.4 Å². The van der Waals surface area contributed by atoms with Crippen molar-refractivity contribution < 1.29 is 29.3 Å². The van der Waals surface area contributed by atoms with E-state index in [1.165, 1.54) is 0 Å². The minimum atomic E-state index is -1.15. The highest BCUT2D eigenvalue weighted by molar-refractivity contribution is 5.97. The van der Waals surface area contributed by atoms with Gasteiger partial charge in [0.2, 0.25) is 0 Å². The summed E-state index contributed by atoms with van der Waals surface area (Å²) in [7, 11) is 3.13. The van der Waals surface area contributed by atoms with E-state index in [1.54, 1.807) is 27.2 Å². The van der Waals surface area contributed by atoms with Gasteiger partial charge in [0.1, 0.15) is 11.5 Å². The molecule has 0 unspecified atom stereocenters. The molecule has 0 radical (unpaired) electrons. The monoisotopic (exact) mass is 358 g/mol. The van der Waals surface area contributed by atoms with Crippen molar-refractivity contribution in [3.05, 3.63) is 35.4 Å². The maximum atomic E-state index is 12.0. The van der Waals surface area contributed by atoms with E-state index >= 15 is 0 Å². The summed E-state index contributed by atoms with van der Waals surface area (Å²) in [5, 5.41) is 20.9. The number of ether oxygens (including phenoxy) is 2. The van der Waals surface area contributed by atoms with Crippen molar-refractivity contribution in [1.82, 2.24) is 0 Å². The Morgan fingerprint density at radius 1 is 1.19 bits per heavy atom. The van der Waals surface area contributed by atoms with Crippen LogP contribution in [0.2, 0.25) is 0 Å². The van der Waals surface area contributed by atoms with Crippen molar-refractivity contribution in [2.75, 3.05) is 14.2 Å². The number of benzene rings is 2. The Hall–Kier alpha value is -2.76. The van der Waals surface area contributed by atoms with Crippen LogP contribution in [0.3, 0.4) is 0 Å². The van der Waals surface area contributed by atoms with Gasteiger partial charge >= 0.3 is 11.9 Å². The molecule has 2 aromatic carbocycles. The summed E-state index contributed by atoms with van der Waals surface area (Å²) < 4.78 is 11.0. The molecule has 0 spiro atoms. The van der Waals surface area contributed by atoms with E-state index in [2.05, 4.69) is 0 Å². The molecule has 2 atom stereocenters. The normalized spacial score (nSPS) is 21.9. The number of carboxylic acids is 2. The molecule has 0 amide bonds. The maximum absolute atomic E-state index is 12.0. The summed E-state index contributed by atoms with van der Waals surface area (Å²) in [6, 6.07) is 7.44. The molecule has 0 aromatic heterocycles. The molecular formula is C20H22O6. The van der Waals surface area contributed by atoms with E-state index in [0.29, 0.717) is 24.3 Å². The van der Waals surface area contributed by atoms with E-state index in [4.69, 9.17) is 9.47 Å². The molecule has 3 rings (SSSR count). The lowest BCUT2D eigenvalue weighted by molar-refractivity contribution is -0.151. The fourth-order valence-corrected chi connectivity index (χ4v) is 4.09. The third-order valence-corrected chi connectivity index (χ3v) is 5.57. The molecule has 2 aromatic rings. The van der Waals surface area contributed by atoms with Gasteiger partial charge in [-0.25, -0.2) is 0 Å². The average Bonchev–Trinajstić information content (AvgIpc) is 2.62. The SMILES string of the molecule is COc1cc2c(c3c(OC)cccc13)CC[C@@](C)(C(=O)O)[C@@H]2CC(=O)O. The number of hydrogen-bond acceptors (Lipinski definition) is 4. The molecule has 0 fully saturated rings. The smallest absolute Gasteiger partial charge is 0.309 e. The van der Waals surface area contributed by atoms with Gasteiger partial charge in [-0.3, -0.25) is 9.59 Å². The van der Waals surface area contributed by atoms with Crippen molar-refractivity contribution in [2.45, 2.75) is 32.1 Å². The second-order valence-electron chi connectivity index (χ2n) is 6.90. The average molecular weight is 358 g/mol. The number of aryl methyl sites for hydroxylation is 1. The predicted molar refractivity (Wildman–Crippen MR) is 96.1 cm³/mol. The van der Waals surface area contributed by atoms with Crippen LogP contribution in [0.5, 0.6) is 11.5 Å². The van der Waals surface area contributed by atoms with Gasteiger partial charge in [-0.1, -0.05) is 12.1 Å². The maximum Gasteiger partial charge on any atom is 0.309 e. The number of carboxylic acid groups (broad SMARTS) is 2. The number of hydrogen-bond donors (Lipinski definition) is 2. The summed E-state index contributed by atoms with van der Waals surface area (Å²) in [6.07, 6.45) is 0.654. The van der Waals surface area contributed by atoms with E-state index in [0.717, 1.165) is 21.9 Å². The second-order valence-corrected chi connectivity index (χ2v) is 6.90. The highest BCUT2D eigenvalue weighted by Gasteiger charge is 2.47. The molecule has 0 saturated heterocycles. The first-order valence-corrected chi connectivity index (χ1v) is 8.45. The molecule has 138 valence electrons. The fourth-order valence-electron chi connectivity index (χ4n) is 4.09. The van der Waals surface area contributed by atoms with Crippen LogP contribution in [0.15, 0.2) is 24.3 Å². The number of fused-ring (bicyclic) bond motifs is 3. The van der Waals surface area contributed by atoms with Crippen LogP contribution in [0.4, 0.5) is 0 Å². The summed E-state index contributed by atoms with van der Waals surface area (Å²) in [6.45, 7) is 1.63. The third-order valence-electron chi connectivity index (χ3n) is 5.57. The Balaban J connectivity index is 2.36. The Morgan fingerprint density at radius 3 is 2.46 bits per heavy atom. The Labute approximate surface area is 151 Å². The quantitative estimate of drug-likeness (QED) is 0.850. The van der Waals surface area contributed by atoms with Gasteiger partial charge in [0.25, 0.3) is 0 Å². The van der Waals surface area contributed by atoms with E-state index in [-0.39, 0.29) is 6.42 Å². The number of methoxy groups -OCH3 is 2. The molecular weight excluding hydrogens is 336 g/mol. The Morgan fingerprint density at radius 2 is 1.88 bits per heavy atom. The highest BCUT2D eigenvalue weighted by atomic mass is 16.5. The van der Waals surface area contributed by atoms with Crippen molar-refractivity contribution in [3.8, 4) is 11.5 Å². The fraction of sp³-hybridized carbons (Fsp3) is 0.400. The van der Waals surface area contributed by atoms with Gasteiger partial charge in [-0.05, 0) is 43.0 Å². The summed E-state index contributed by atoms with van der Waals surface area (Å²) in [5.41, 5.74) is 0.521. The molecule has 2 N–H and O–H groups in total. The van der Waals surface area contributed by atoms with Crippen molar-refractivity contribution in [1.29, 1.82) is 0 Å². The molecule has 0 aliphatic heterocycles. The van der Waals surface area contributed by atoms with Gasteiger partial charge in [-0.15, -0.1) is 0 Å².